The first-order valence-electron chi connectivity index (χ1n) is 5.88. The lowest BCUT2D eigenvalue weighted by atomic mass is 9.82. The van der Waals surface area contributed by atoms with Gasteiger partial charge in [0.05, 0.1) is 13.2 Å². The first kappa shape index (κ1) is 11.7. The Labute approximate surface area is 96.2 Å². The highest BCUT2D eigenvalue weighted by Crippen LogP contribution is 2.48. The quantitative estimate of drug-likeness (QED) is 0.317. The molecular formula is C11H21N3O2. The monoisotopic (exact) mass is 227 g/mol. The maximum Gasteiger partial charge on any atom is 0.153 e. The van der Waals surface area contributed by atoms with Crippen molar-refractivity contribution in [2.45, 2.75) is 19.3 Å². The summed E-state index contributed by atoms with van der Waals surface area (Å²) in [6, 6.07) is 0. The highest BCUT2D eigenvalue weighted by Gasteiger charge is 2.49. The number of methoxy groups -OCH3 is 1. The second-order valence-electron chi connectivity index (χ2n) is 5.15. The van der Waals surface area contributed by atoms with E-state index in [-0.39, 0.29) is 0 Å². The van der Waals surface area contributed by atoms with Crippen LogP contribution in [0.25, 0.3) is 0 Å². The number of nitrogens with zero attached hydrogens (tertiary/aromatic N) is 2. The normalized spacial score (nSPS) is 35.6. The zero-order chi connectivity index (χ0) is 11.6. The highest BCUT2D eigenvalue weighted by molar-refractivity contribution is 5.81. The van der Waals surface area contributed by atoms with Crippen molar-refractivity contribution in [2.75, 3.05) is 33.4 Å². The Hall–Kier alpha value is -0.810. The summed E-state index contributed by atoms with van der Waals surface area (Å²) < 4.78 is 5.37. The van der Waals surface area contributed by atoms with Gasteiger partial charge in [-0.05, 0) is 18.8 Å². The maximum atomic E-state index is 8.58. The average Bonchev–Trinajstić information content (AvgIpc) is 2.74. The van der Waals surface area contributed by atoms with Gasteiger partial charge in [-0.25, -0.2) is 0 Å². The molecule has 0 spiro atoms. The Morgan fingerprint density at radius 3 is 3.19 bits per heavy atom. The summed E-state index contributed by atoms with van der Waals surface area (Å²) in [7, 11) is 1.77. The first-order chi connectivity index (χ1) is 7.70. The minimum Gasteiger partial charge on any atom is -0.409 e. The van der Waals surface area contributed by atoms with Gasteiger partial charge in [-0.2, -0.15) is 0 Å². The molecule has 5 nitrogen and oxygen atoms in total. The molecular weight excluding hydrogens is 206 g/mol. The van der Waals surface area contributed by atoms with Crippen molar-refractivity contribution in [1.29, 1.82) is 0 Å². The molecule has 0 aromatic rings. The Balaban J connectivity index is 1.99. The highest BCUT2D eigenvalue weighted by atomic mass is 16.5. The van der Waals surface area contributed by atoms with E-state index in [2.05, 4.69) is 10.1 Å². The molecule has 0 unspecified atom stereocenters. The van der Waals surface area contributed by atoms with Crippen LogP contribution in [0.4, 0.5) is 0 Å². The van der Waals surface area contributed by atoms with Crippen LogP contribution in [0.15, 0.2) is 5.16 Å². The maximum absolute atomic E-state index is 8.58. The number of fused-ring (bicyclic) bond motifs is 1. The second-order valence-corrected chi connectivity index (χ2v) is 5.15. The number of amidine groups is 1. The van der Waals surface area contributed by atoms with Crippen LogP contribution in [-0.4, -0.2) is 49.3 Å². The Morgan fingerprint density at radius 1 is 1.69 bits per heavy atom. The van der Waals surface area contributed by atoms with Crippen molar-refractivity contribution in [2.24, 2.45) is 22.2 Å². The molecule has 3 N–H and O–H groups in total. The number of nitrogens with two attached hydrogens (primary N) is 1. The Bertz CT molecular complexity index is 282. The molecule has 1 heterocycles. The fourth-order valence-corrected chi connectivity index (χ4v) is 3.43. The molecule has 1 saturated heterocycles. The van der Waals surface area contributed by atoms with E-state index in [1.165, 1.54) is 19.3 Å². The van der Waals surface area contributed by atoms with Gasteiger partial charge < -0.3 is 15.7 Å². The van der Waals surface area contributed by atoms with Gasteiger partial charge in [0.2, 0.25) is 0 Å². The van der Waals surface area contributed by atoms with Crippen LogP contribution < -0.4 is 5.73 Å². The van der Waals surface area contributed by atoms with Crippen LogP contribution in [0.1, 0.15) is 19.3 Å². The first-order valence-corrected chi connectivity index (χ1v) is 5.88. The van der Waals surface area contributed by atoms with Crippen LogP contribution in [0.3, 0.4) is 0 Å². The van der Waals surface area contributed by atoms with Crippen LogP contribution in [0, 0.1) is 11.3 Å². The minimum absolute atomic E-state index is 0.299. The van der Waals surface area contributed by atoms with Gasteiger partial charge in [0.25, 0.3) is 0 Å². The zero-order valence-electron chi connectivity index (χ0n) is 9.85. The summed E-state index contributed by atoms with van der Waals surface area (Å²) in [5.41, 5.74) is 5.87. The molecule has 2 aliphatic rings. The Morgan fingerprint density at radius 2 is 2.50 bits per heavy atom. The molecule has 0 aromatic heterocycles. The van der Waals surface area contributed by atoms with E-state index < -0.39 is 0 Å². The molecule has 2 fully saturated rings. The van der Waals surface area contributed by atoms with E-state index in [1.54, 1.807) is 7.11 Å². The summed E-state index contributed by atoms with van der Waals surface area (Å²) in [6.45, 7) is 3.48. The van der Waals surface area contributed by atoms with Crippen molar-refractivity contribution < 1.29 is 9.94 Å². The molecule has 92 valence electrons. The lowest BCUT2D eigenvalue weighted by Crippen LogP contribution is -2.35. The van der Waals surface area contributed by atoms with Crippen molar-refractivity contribution in [1.82, 2.24) is 4.90 Å². The topological polar surface area (TPSA) is 71.1 Å². The number of oxime groups is 1. The van der Waals surface area contributed by atoms with Gasteiger partial charge >= 0.3 is 0 Å². The fraction of sp³-hybridized carbons (Fsp3) is 0.909. The van der Waals surface area contributed by atoms with E-state index in [0.29, 0.717) is 17.8 Å². The molecule has 0 bridgehead atoms. The van der Waals surface area contributed by atoms with Crippen LogP contribution in [0.5, 0.6) is 0 Å². The van der Waals surface area contributed by atoms with Crippen LogP contribution in [0.2, 0.25) is 0 Å². The van der Waals surface area contributed by atoms with Gasteiger partial charge in [-0.15, -0.1) is 0 Å². The third-order valence-corrected chi connectivity index (χ3v) is 4.06. The minimum atomic E-state index is 0.299. The molecule has 2 rings (SSSR count). The smallest absolute Gasteiger partial charge is 0.153 e. The third kappa shape index (κ3) is 2.01. The van der Waals surface area contributed by atoms with Crippen molar-refractivity contribution >= 4 is 5.84 Å². The lowest BCUT2D eigenvalue weighted by molar-refractivity contribution is 0.0712. The molecule has 0 aromatic carbocycles. The summed E-state index contributed by atoms with van der Waals surface area (Å²) in [5.74, 6) is 1.02. The number of hydrogen-bond donors (Lipinski definition) is 2. The third-order valence-electron chi connectivity index (χ3n) is 4.06. The second kappa shape index (κ2) is 4.59. The van der Waals surface area contributed by atoms with Gasteiger partial charge in [-0.3, -0.25) is 4.90 Å². The number of hydrogen-bond acceptors (Lipinski definition) is 4. The number of likely N-dealkylation sites (tertiary alicyclic amines) is 1. The van der Waals surface area contributed by atoms with Crippen molar-refractivity contribution in [3.8, 4) is 0 Å². The number of ether oxygens (including phenoxy) is 1. The summed E-state index contributed by atoms with van der Waals surface area (Å²) in [6.07, 6.45) is 3.85. The zero-order valence-corrected chi connectivity index (χ0v) is 9.85. The fourth-order valence-electron chi connectivity index (χ4n) is 3.43. The standard InChI is InChI=1S/C11H21N3O2/c1-16-8-11-4-2-3-9(11)5-14(7-11)6-10(12)13-15/h9,15H,2-8H2,1H3,(H2,12,13)/t9-,11+/m1/s1. The van der Waals surface area contributed by atoms with Gasteiger partial charge in [0, 0.05) is 25.6 Å². The predicted molar refractivity (Wildman–Crippen MR) is 61.5 cm³/mol. The molecule has 2 atom stereocenters. The molecule has 1 saturated carbocycles. The van der Waals surface area contributed by atoms with E-state index in [0.717, 1.165) is 25.6 Å². The van der Waals surface area contributed by atoms with E-state index >= 15 is 0 Å². The average molecular weight is 227 g/mol. The largest absolute Gasteiger partial charge is 0.409 e. The molecule has 5 heteroatoms. The van der Waals surface area contributed by atoms with Crippen LogP contribution in [-0.2, 0) is 4.74 Å². The molecule has 1 aliphatic carbocycles. The Kier molecular flexibility index (Phi) is 3.35. The van der Waals surface area contributed by atoms with Gasteiger partial charge in [-0.1, -0.05) is 11.6 Å². The summed E-state index contributed by atoms with van der Waals surface area (Å²) in [5, 5.41) is 11.6. The van der Waals surface area contributed by atoms with Gasteiger partial charge in [0.1, 0.15) is 0 Å². The molecule has 1 aliphatic heterocycles. The molecule has 0 radical (unpaired) electrons. The van der Waals surface area contributed by atoms with E-state index in [4.69, 9.17) is 15.7 Å². The predicted octanol–water partition coefficient (Wildman–Crippen LogP) is 0.481. The lowest BCUT2D eigenvalue weighted by Gasteiger charge is -2.27. The van der Waals surface area contributed by atoms with Crippen LogP contribution >= 0.6 is 0 Å². The van der Waals surface area contributed by atoms with Crippen molar-refractivity contribution in [3.63, 3.8) is 0 Å². The molecule has 16 heavy (non-hydrogen) atoms. The van der Waals surface area contributed by atoms with Crippen molar-refractivity contribution in [3.05, 3.63) is 0 Å². The summed E-state index contributed by atoms with van der Waals surface area (Å²) in [4.78, 5) is 2.28. The van der Waals surface area contributed by atoms with E-state index in [1.807, 2.05) is 0 Å². The molecule has 0 amide bonds. The number of rotatable bonds is 4. The van der Waals surface area contributed by atoms with Gasteiger partial charge in [0.15, 0.2) is 5.84 Å². The summed E-state index contributed by atoms with van der Waals surface area (Å²) >= 11 is 0. The van der Waals surface area contributed by atoms with E-state index in [9.17, 15) is 0 Å². The SMILES string of the molecule is COC[C@@]12CCC[C@@H]1CN(CC(N)=NO)C2.